The maximum absolute atomic E-state index is 12.2. The molecule has 0 saturated carbocycles. The second-order valence-electron chi connectivity index (χ2n) is 6.52. The summed E-state index contributed by atoms with van der Waals surface area (Å²) in [6.45, 7) is 3.46. The van der Waals surface area contributed by atoms with E-state index in [1.807, 2.05) is 0 Å². The fraction of sp³-hybridized carbons (Fsp3) is 0.714. The molecule has 0 spiro atoms. The summed E-state index contributed by atoms with van der Waals surface area (Å²) in [5.74, 6) is 0. The van der Waals surface area contributed by atoms with Gasteiger partial charge in [-0.1, -0.05) is 0 Å². The van der Waals surface area contributed by atoms with Crippen LogP contribution in [-0.4, -0.2) is 71.7 Å². The van der Waals surface area contributed by atoms with Gasteiger partial charge in [0, 0.05) is 31.9 Å². The molecule has 2 unspecified atom stereocenters. The van der Waals surface area contributed by atoms with E-state index in [2.05, 4.69) is 22.1 Å². The second-order valence-corrected chi connectivity index (χ2v) is 8.18. The van der Waals surface area contributed by atoms with Crippen molar-refractivity contribution in [2.24, 2.45) is 0 Å². The van der Waals surface area contributed by atoms with Gasteiger partial charge in [-0.15, -0.1) is 4.52 Å². The van der Waals surface area contributed by atoms with Crippen LogP contribution in [0.4, 0.5) is 0 Å². The van der Waals surface area contributed by atoms with Gasteiger partial charge in [-0.2, -0.15) is 0 Å². The Balaban J connectivity index is 1.64. The Morgan fingerprint density at radius 3 is 2.85 bits per heavy atom. The average molecular weight is 404 g/mol. The van der Waals surface area contributed by atoms with Crippen LogP contribution in [0.3, 0.4) is 0 Å². The molecule has 0 aromatic carbocycles. The highest BCUT2D eigenvalue weighted by Gasteiger charge is 2.66. The zero-order valence-corrected chi connectivity index (χ0v) is 15.6. The summed E-state index contributed by atoms with van der Waals surface area (Å²) < 4.78 is 35.9. The van der Waals surface area contributed by atoms with Crippen LogP contribution in [0.15, 0.2) is 21.9 Å². The Hall–Kier alpha value is -1.07. The number of nitrogens with one attached hydrogen (secondary N) is 1. The Bertz CT molecular complexity index is 810. The van der Waals surface area contributed by atoms with Crippen molar-refractivity contribution in [3.63, 3.8) is 0 Å². The Labute approximate surface area is 154 Å². The summed E-state index contributed by atoms with van der Waals surface area (Å²) in [4.78, 5) is 27.8. The Morgan fingerprint density at radius 2 is 2.15 bits per heavy atom. The molecule has 3 saturated heterocycles. The van der Waals surface area contributed by atoms with Gasteiger partial charge < -0.3 is 14.2 Å². The SMILES string of the molecule is O=c1ccn([C@@H]2O[C@@]3(CN4CCOCC4)CO[C@H]2C3O[P+](=O)S)c(=O)[nH]1. The van der Waals surface area contributed by atoms with Crippen LogP contribution in [0.5, 0.6) is 0 Å². The van der Waals surface area contributed by atoms with E-state index < -0.39 is 42.5 Å². The van der Waals surface area contributed by atoms with Gasteiger partial charge in [-0.25, -0.2) is 4.79 Å². The van der Waals surface area contributed by atoms with E-state index in [-0.39, 0.29) is 6.61 Å². The monoisotopic (exact) mass is 404 g/mol. The minimum absolute atomic E-state index is 0.255. The fourth-order valence-electron chi connectivity index (χ4n) is 3.75. The van der Waals surface area contributed by atoms with E-state index in [1.54, 1.807) is 0 Å². The molecule has 0 aliphatic carbocycles. The molecule has 3 aliphatic heterocycles. The molecule has 5 atom stereocenters. The van der Waals surface area contributed by atoms with Crippen molar-refractivity contribution in [2.75, 3.05) is 39.5 Å². The summed E-state index contributed by atoms with van der Waals surface area (Å²) in [5, 5.41) is 0. The summed E-state index contributed by atoms with van der Waals surface area (Å²) in [6.07, 6.45) is -0.709. The van der Waals surface area contributed by atoms with E-state index >= 15 is 0 Å². The topological polar surface area (TPSA) is 112 Å². The second kappa shape index (κ2) is 7.16. The summed E-state index contributed by atoms with van der Waals surface area (Å²) in [5.41, 5.74) is -1.98. The van der Waals surface area contributed by atoms with Crippen LogP contribution in [0.25, 0.3) is 0 Å². The smallest absolute Gasteiger partial charge is 0.379 e. The number of aromatic nitrogens is 2. The molecular weight excluding hydrogens is 385 g/mol. The minimum Gasteiger partial charge on any atom is -0.379 e. The number of fused-ring (bicyclic) bond motifs is 2. The van der Waals surface area contributed by atoms with Crippen molar-refractivity contribution in [3.8, 4) is 0 Å². The number of nitrogens with zero attached hydrogens (tertiary/aromatic N) is 2. The lowest BCUT2D eigenvalue weighted by Crippen LogP contribution is -2.53. The highest BCUT2D eigenvalue weighted by molar-refractivity contribution is 8.39. The lowest BCUT2D eigenvalue weighted by atomic mass is 9.98. The maximum Gasteiger partial charge on any atom is 0.582 e. The number of rotatable bonds is 5. The molecule has 3 aliphatic rings. The van der Waals surface area contributed by atoms with Gasteiger partial charge in [-0.05, 0) is 4.57 Å². The van der Waals surface area contributed by atoms with Crippen LogP contribution in [0.2, 0.25) is 0 Å². The predicted octanol–water partition coefficient (Wildman–Crippen LogP) is -0.492. The zero-order valence-electron chi connectivity index (χ0n) is 13.8. The molecule has 4 rings (SSSR count). The zero-order chi connectivity index (χ0) is 18.3. The molecular formula is C14H19N3O7PS+. The van der Waals surface area contributed by atoms with Crippen LogP contribution < -0.4 is 11.2 Å². The Kier molecular flexibility index (Phi) is 5.04. The number of ether oxygens (including phenoxy) is 3. The van der Waals surface area contributed by atoms with Crippen molar-refractivity contribution in [1.82, 2.24) is 14.5 Å². The molecule has 4 heterocycles. The highest BCUT2D eigenvalue weighted by atomic mass is 32.7. The first-order valence-corrected chi connectivity index (χ1v) is 10.6. The molecule has 26 heavy (non-hydrogen) atoms. The van der Waals surface area contributed by atoms with Gasteiger partial charge in [0.2, 0.25) is 0 Å². The van der Waals surface area contributed by atoms with Gasteiger partial charge in [0.15, 0.2) is 12.3 Å². The summed E-state index contributed by atoms with van der Waals surface area (Å²) in [6, 6.07) is 1.24. The number of aromatic amines is 1. The van der Waals surface area contributed by atoms with Crippen LogP contribution in [0.1, 0.15) is 6.23 Å². The Morgan fingerprint density at radius 1 is 1.38 bits per heavy atom. The first-order chi connectivity index (χ1) is 12.5. The number of thiol groups is 1. The van der Waals surface area contributed by atoms with E-state index in [4.69, 9.17) is 18.7 Å². The van der Waals surface area contributed by atoms with Crippen molar-refractivity contribution >= 4 is 19.5 Å². The molecule has 1 aromatic rings. The van der Waals surface area contributed by atoms with Gasteiger partial charge in [0.1, 0.15) is 24.0 Å². The lowest BCUT2D eigenvalue weighted by Gasteiger charge is -2.36. The molecule has 0 radical (unpaired) electrons. The predicted molar refractivity (Wildman–Crippen MR) is 92.6 cm³/mol. The fourth-order valence-corrected chi connectivity index (χ4v) is 4.56. The molecule has 2 bridgehead atoms. The molecule has 1 aromatic heterocycles. The largest absolute Gasteiger partial charge is 0.582 e. The number of morpholine rings is 1. The van der Waals surface area contributed by atoms with Crippen molar-refractivity contribution in [3.05, 3.63) is 33.1 Å². The lowest BCUT2D eigenvalue weighted by molar-refractivity contribution is -0.183. The molecule has 0 amide bonds. The number of hydrogen-bond acceptors (Lipinski definition) is 8. The van der Waals surface area contributed by atoms with Crippen LogP contribution in [0, 0.1) is 0 Å². The third-order valence-electron chi connectivity index (χ3n) is 4.90. The van der Waals surface area contributed by atoms with E-state index in [0.29, 0.717) is 19.8 Å². The summed E-state index contributed by atoms with van der Waals surface area (Å²) in [7, 11) is -2.18. The van der Waals surface area contributed by atoms with E-state index in [0.717, 1.165) is 13.1 Å². The van der Waals surface area contributed by atoms with Gasteiger partial charge in [-0.3, -0.25) is 19.2 Å². The summed E-state index contributed by atoms with van der Waals surface area (Å²) >= 11 is 3.86. The molecule has 1 N–H and O–H groups in total. The highest BCUT2D eigenvalue weighted by Crippen LogP contribution is 2.50. The third-order valence-corrected chi connectivity index (χ3v) is 5.59. The van der Waals surface area contributed by atoms with Gasteiger partial charge in [0.05, 0.1) is 19.8 Å². The number of H-pyrrole nitrogens is 1. The number of hydrogen-bond donors (Lipinski definition) is 2. The first-order valence-electron chi connectivity index (χ1n) is 8.22. The molecule has 142 valence electrons. The van der Waals surface area contributed by atoms with Crippen molar-refractivity contribution < 1.29 is 23.3 Å². The van der Waals surface area contributed by atoms with E-state index in [9.17, 15) is 14.2 Å². The maximum atomic E-state index is 12.2. The van der Waals surface area contributed by atoms with Crippen LogP contribution in [-0.2, 0) is 23.3 Å². The molecule has 12 heteroatoms. The van der Waals surface area contributed by atoms with Crippen LogP contribution >= 0.6 is 19.5 Å². The standard InChI is InChI=1S/C14H18N3O7PS/c18-9-1-2-17(13(19)15-9)12-10-11(24-25(20)26)14(23-12,8-22-10)7-16-3-5-21-6-4-16/h1-2,10-12H,3-8H2,(H-,15,18,19,20,26)/p+1/t10-,11?,12+,14-/m0/s1. The first kappa shape index (κ1) is 18.3. The molecule has 3 fully saturated rings. The average Bonchev–Trinajstić information content (AvgIpc) is 3.06. The minimum atomic E-state index is -2.18. The normalized spacial score (nSPS) is 35.0. The van der Waals surface area contributed by atoms with Crippen molar-refractivity contribution in [2.45, 2.75) is 24.0 Å². The molecule has 10 nitrogen and oxygen atoms in total. The van der Waals surface area contributed by atoms with Gasteiger partial charge >= 0.3 is 12.9 Å². The van der Waals surface area contributed by atoms with Gasteiger partial charge in [0.25, 0.3) is 5.56 Å². The van der Waals surface area contributed by atoms with E-state index in [1.165, 1.54) is 16.8 Å². The van der Waals surface area contributed by atoms with Crippen molar-refractivity contribution in [1.29, 1.82) is 0 Å². The quantitative estimate of drug-likeness (QED) is 0.500. The third kappa shape index (κ3) is 3.29.